The van der Waals surface area contributed by atoms with Gasteiger partial charge in [-0.1, -0.05) is 0 Å². The summed E-state index contributed by atoms with van der Waals surface area (Å²) >= 11 is 0. The van der Waals surface area contributed by atoms with Crippen molar-refractivity contribution < 1.29 is 23.4 Å². The second-order valence-electron chi connectivity index (χ2n) is 4.51. The van der Waals surface area contributed by atoms with Crippen LogP contribution in [-0.4, -0.2) is 20.2 Å². The highest BCUT2D eigenvalue weighted by Crippen LogP contribution is 2.40. The minimum Gasteiger partial charge on any atom is -0.493 e. The average molecular weight is 289 g/mol. The van der Waals surface area contributed by atoms with Crippen LogP contribution in [0, 0.1) is 0 Å². The van der Waals surface area contributed by atoms with Crippen molar-refractivity contribution in [3.8, 4) is 11.5 Å². The van der Waals surface area contributed by atoms with Crippen LogP contribution in [0.2, 0.25) is 0 Å². The molecule has 6 heteroatoms. The maximum absolute atomic E-state index is 12.1. The van der Waals surface area contributed by atoms with Crippen molar-refractivity contribution in [3.05, 3.63) is 47.4 Å². The lowest BCUT2D eigenvalue weighted by Gasteiger charge is -2.13. The van der Waals surface area contributed by atoms with Gasteiger partial charge in [-0.05, 0) is 24.3 Å². The number of benzene rings is 1. The largest absolute Gasteiger partial charge is 0.493 e. The highest BCUT2D eigenvalue weighted by molar-refractivity contribution is 5.98. The summed E-state index contributed by atoms with van der Waals surface area (Å²) in [5, 5.41) is 3.13. The highest BCUT2D eigenvalue weighted by atomic mass is 16.6. The van der Waals surface area contributed by atoms with Gasteiger partial charge in [-0.3, -0.25) is 5.32 Å². The Morgan fingerprint density at radius 2 is 2.10 bits per heavy atom. The quantitative estimate of drug-likeness (QED) is 0.851. The van der Waals surface area contributed by atoms with E-state index in [1.807, 2.05) is 6.07 Å². The molecule has 0 saturated heterocycles. The Labute approximate surface area is 121 Å². The van der Waals surface area contributed by atoms with Gasteiger partial charge in [-0.2, -0.15) is 0 Å². The number of carbonyl (C=O) groups excluding carboxylic acids is 1. The van der Waals surface area contributed by atoms with E-state index < -0.39 is 12.2 Å². The maximum Gasteiger partial charge on any atom is 0.344 e. The first-order chi connectivity index (χ1) is 10.2. The van der Waals surface area contributed by atoms with Gasteiger partial charge in [0.15, 0.2) is 17.7 Å². The van der Waals surface area contributed by atoms with E-state index in [1.165, 1.54) is 14.2 Å². The van der Waals surface area contributed by atoms with Crippen LogP contribution in [0.4, 0.5) is 0 Å². The maximum atomic E-state index is 12.1. The van der Waals surface area contributed by atoms with Crippen LogP contribution in [0.15, 0.2) is 34.9 Å². The lowest BCUT2D eigenvalue weighted by atomic mass is 10.1. The number of ether oxygens (including phenoxy) is 3. The van der Waals surface area contributed by atoms with Crippen LogP contribution in [0.25, 0.3) is 0 Å². The Balaban J connectivity index is 1.87. The number of carbonyl (C=O) groups is 1. The third-order valence-electron chi connectivity index (χ3n) is 3.33. The summed E-state index contributed by atoms with van der Waals surface area (Å²) in [6.45, 7) is 0.457. The van der Waals surface area contributed by atoms with Gasteiger partial charge in [0.2, 0.25) is 0 Å². The molecule has 1 aromatic carbocycles. The molecule has 0 unspecified atom stereocenters. The fourth-order valence-electron chi connectivity index (χ4n) is 2.36. The first kappa shape index (κ1) is 13.5. The fourth-order valence-corrected chi connectivity index (χ4v) is 2.36. The third kappa shape index (κ3) is 2.34. The third-order valence-corrected chi connectivity index (χ3v) is 3.33. The second kappa shape index (κ2) is 5.49. The van der Waals surface area contributed by atoms with Crippen LogP contribution in [-0.2, 0) is 11.3 Å². The molecule has 0 fully saturated rings. The Kier molecular flexibility index (Phi) is 3.53. The van der Waals surface area contributed by atoms with Gasteiger partial charge in [-0.25, -0.2) is 4.79 Å². The van der Waals surface area contributed by atoms with E-state index in [9.17, 15) is 4.79 Å². The molecule has 6 nitrogen and oxygen atoms in total. The van der Waals surface area contributed by atoms with Gasteiger partial charge in [0, 0.05) is 5.56 Å². The van der Waals surface area contributed by atoms with E-state index >= 15 is 0 Å². The number of hydrogen-bond acceptors (Lipinski definition) is 6. The molecule has 21 heavy (non-hydrogen) atoms. The van der Waals surface area contributed by atoms with E-state index in [1.54, 1.807) is 24.5 Å². The van der Waals surface area contributed by atoms with Gasteiger partial charge in [0.05, 0.1) is 27.0 Å². The van der Waals surface area contributed by atoms with E-state index in [0.717, 1.165) is 11.3 Å². The average Bonchev–Trinajstić information content (AvgIpc) is 3.12. The lowest BCUT2D eigenvalue weighted by molar-refractivity contribution is 0.0297. The molecule has 1 N–H and O–H groups in total. The smallest absolute Gasteiger partial charge is 0.344 e. The number of fused-ring (bicyclic) bond motifs is 1. The summed E-state index contributed by atoms with van der Waals surface area (Å²) in [5.41, 5.74) is 1.12. The zero-order chi connectivity index (χ0) is 14.8. The summed E-state index contributed by atoms with van der Waals surface area (Å²) in [6, 6.07) is 7.20. The Bertz CT molecular complexity index is 650. The highest BCUT2D eigenvalue weighted by Gasteiger charge is 2.35. The fraction of sp³-hybridized carbons (Fsp3) is 0.267. The van der Waals surface area contributed by atoms with Crippen LogP contribution in [0.3, 0.4) is 0 Å². The molecule has 2 aromatic rings. The van der Waals surface area contributed by atoms with E-state index in [4.69, 9.17) is 18.6 Å². The molecule has 3 rings (SSSR count). The van der Waals surface area contributed by atoms with E-state index in [0.29, 0.717) is 23.6 Å². The van der Waals surface area contributed by atoms with Crippen molar-refractivity contribution in [2.24, 2.45) is 0 Å². The van der Waals surface area contributed by atoms with Crippen molar-refractivity contribution in [3.63, 3.8) is 0 Å². The number of esters is 1. The molecule has 2 heterocycles. The predicted octanol–water partition coefficient (Wildman–Crippen LogP) is 2.26. The number of cyclic esters (lactones) is 1. The van der Waals surface area contributed by atoms with Crippen LogP contribution in [0.1, 0.15) is 27.9 Å². The molecule has 0 aliphatic carbocycles. The standard InChI is InChI=1S/C15H15NO5/c1-18-11-6-5-10-12(13(11)19-2)15(17)21-14(10)16-8-9-4-3-7-20-9/h3-7,14,16H,8H2,1-2H3/t14-/m1/s1. The first-order valence-corrected chi connectivity index (χ1v) is 6.46. The van der Waals surface area contributed by atoms with Crippen molar-refractivity contribution in [2.45, 2.75) is 12.8 Å². The van der Waals surface area contributed by atoms with Crippen molar-refractivity contribution in [2.75, 3.05) is 14.2 Å². The number of hydrogen-bond donors (Lipinski definition) is 1. The van der Waals surface area contributed by atoms with Gasteiger partial charge in [0.1, 0.15) is 11.3 Å². The molecule has 110 valence electrons. The summed E-state index contributed by atoms with van der Waals surface area (Å²) in [7, 11) is 3.02. The first-order valence-electron chi connectivity index (χ1n) is 6.46. The minimum atomic E-state index is -0.530. The zero-order valence-electron chi connectivity index (χ0n) is 11.7. The molecule has 0 spiro atoms. The van der Waals surface area contributed by atoms with Crippen molar-refractivity contribution in [1.29, 1.82) is 0 Å². The summed E-state index contributed by atoms with van der Waals surface area (Å²) in [6.07, 6.45) is 1.07. The summed E-state index contributed by atoms with van der Waals surface area (Å²) < 4.78 is 21.1. The molecular formula is C15H15NO5. The number of methoxy groups -OCH3 is 2. The molecule has 1 atom stereocenters. The second-order valence-corrected chi connectivity index (χ2v) is 4.51. The Hall–Kier alpha value is -2.47. The predicted molar refractivity (Wildman–Crippen MR) is 73.3 cm³/mol. The van der Waals surface area contributed by atoms with E-state index in [-0.39, 0.29) is 0 Å². The van der Waals surface area contributed by atoms with E-state index in [2.05, 4.69) is 5.32 Å². The molecule has 0 amide bonds. The molecule has 0 radical (unpaired) electrons. The monoisotopic (exact) mass is 289 g/mol. The van der Waals surface area contributed by atoms with Gasteiger partial charge in [0.25, 0.3) is 0 Å². The number of furan rings is 1. The molecule has 0 bridgehead atoms. The molecule has 1 aliphatic rings. The van der Waals surface area contributed by atoms with Crippen LogP contribution < -0.4 is 14.8 Å². The number of rotatable bonds is 5. The molecule has 1 aromatic heterocycles. The summed E-state index contributed by atoms with van der Waals surface area (Å²) in [5.74, 6) is 1.22. The Morgan fingerprint density at radius 3 is 2.76 bits per heavy atom. The summed E-state index contributed by atoms with van der Waals surface area (Å²) in [4.78, 5) is 12.1. The number of nitrogens with one attached hydrogen (secondary N) is 1. The van der Waals surface area contributed by atoms with Gasteiger partial charge < -0.3 is 18.6 Å². The zero-order valence-corrected chi connectivity index (χ0v) is 11.7. The molecular weight excluding hydrogens is 274 g/mol. The van der Waals surface area contributed by atoms with Gasteiger partial charge in [-0.15, -0.1) is 0 Å². The van der Waals surface area contributed by atoms with Crippen LogP contribution in [0.5, 0.6) is 11.5 Å². The van der Waals surface area contributed by atoms with Crippen LogP contribution >= 0.6 is 0 Å². The minimum absolute atomic E-state index is 0.391. The SMILES string of the molecule is COc1ccc2c(c1OC)C(=O)O[C@H]2NCc1ccco1. The lowest BCUT2D eigenvalue weighted by Crippen LogP contribution is -2.20. The normalized spacial score (nSPS) is 16.5. The van der Waals surface area contributed by atoms with Crippen molar-refractivity contribution >= 4 is 5.97 Å². The Morgan fingerprint density at radius 1 is 1.24 bits per heavy atom. The molecule has 0 saturated carbocycles. The van der Waals surface area contributed by atoms with Gasteiger partial charge >= 0.3 is 5.97 Å². The molecule has 1 aliphatic heterocycles. The van der Waals surface area contributed by atoms with Crippen molar-refractivity contribution in [1.82, 2.24) is 5.32 Å². The topological polar surface area (TPSA) is 69.9 Å².